The molecule has 0 bridgehead atoms. The van der Waals surface area contributed by atoms with E-state index in [1.54, 1.807) is 36.6 Å². The number of aromatic nitrogens is 1. The lowest BCUT2D eigenvalue weighted by Crippen LogP contribution is -2.32. The minimum absolute atomic E-state index is 0.00143. The van der Waals surface area contributed by atoms with Gasteiger partial charge in [-0.25, -0.2) is 0 Å². The lowest BCUT2D eigenvalue weighted by atomic mass is 9.95. The van der Waals surface area contributed by atoms with Crippen molar-refractivity contribution in [2.45, 2.75) is 51.6 Å². The Morgan fingerprint density at radius 1 is 1.39 bits per heavy atom. The fraction of sp³-hybridized carbons (Fsp3) is 0.524. The number of methoxy groups -OCH3 is 1. The fourth-order valence-corrected chi connectivity index (χ4v) is 4.60. The number of amides is 1. The molecule has 0 N–H and O–H groups in total. The van der Waals surface area contributed by atoms with E-state index in [9.17, 15) is 4.79 Å². The highest BCUT2D eigenvalue weighted by Gasteiger charge is 2.24. The summed E-state index contributed by atoms with van der Waals surface area (Å²) >= 11 is 7.66. The highest BCUT2D eigenvalue weighted by Crippen LogP contribution is 2.26. The number of hydrogen-bond acceptors (Lipinski definition) is 4. The molecule has 1 atom stereocenters. The molecule has 0 unspecified atom stereocenters. The van der Waals surface area contributed by atoms with Crippen LogP contribution in [0.4, 0.5) is 0 Å². The Morgan fingerprint density at radius 3 is 2.75 bits per heavy atom. The Kier molecular flexibility index (Phi) is 6.32. The van der Waals surface area contributed by atoms with Crippen LogP contribution in [0.1, 0.15) is 48.8 Å². The Balaban J connectivity index is 2.02. The number of halogens is 1. The first kappa shape index (κ1) is 21.1. The third kappa shape index (κ3) is 4.67. The summed E-state index contributed by atoms with van der Waals surface area (Å²) in [6, 6.07) is 5.48. The van der Waals surface area contributed by atoms with Crippen molar-refractivity contribution >= 4 is 28.8 Å². The van der Waals surface area contributed by atoms with E-state index in [1.807, 2.05) is 0 Å². The predicted octanol–water partition coefficient (Wildman–Crippen LogP) is 4.34. The molecule has 0 spiro atoms. The van der Waals surface area contributed by atoms with Crippen LogP contribution in [-0.4, -0.2) is 42.1 Å². The second kappa shape index (κ2) is 8.39. The first-order valence-corrected chi connectivity index (χ1v) is 10.7. The maximum atomic E-state index is 12.9. The van der Waals surface area contributed by atoms with Crippen LogP contribution in [0.3, 0.4) is 0 Å². The predicted molar refractivity (Wildman–Crippen MR) is 115 cm³/mol. The molecule has 28 heavy (non-hydrogen) atoms. The number of hydrogen-bond donors (Lipinski definition) is 0. The van der Waals surface area contributed by atoms with Crippen molar-refractivity contribution in [3.63, 3.8) is 0 Å². The molecule has 1 amide bonds. The highest BCUT2D eigenvalue weighted by molar-refractivity contribution is 7.09. The normalized spacial score (nSPS) is 18.6. The summed E-state index contributed by atoms with van der Waals surface area (Å²) in [6.45, 7) is 8.48. The molecule has 1 aromatic heterocycles. The van der Waals surface area contributed by atoms with E-state index in [0.717, 1.165) is 17.9 Å². The molecule has 1 aromatic carbocycles. The summed E-state index contributed by atoms with van der Waals surface area (Å²) in [7, 11) is 3.70. The van der Waals surface area contributed by atoms with Gasteiger partial charge in [0, 0.05) is 28.7 Å². The topological polar surface area (TPSA) is 46.8 Å². The van der Waals surface area contributed by atoms with Crippen molar-refractivity contribution in [3.05, 3.63) is 44.7 Å². The SMILES string of the molecule is COc1ccc(Cl)cc1C(=O)/N=c1\sc(C(C)(C)C)cn1C[C@@H]1CCCN1C. The lowest BCUT2D eigenvalue weighted by molar-refractivity contribution is 0.0994. The molecule has 5 nitrogen and oxygen atoms in total. The van der Waals surface area contributed by atoms with Crippen molar-refractivity contribution in [1.29, 1.82) is 0 Å². The smallest absolute Gasteiger partial charge is 0.283 e. The van der Waals surface area contributed by atoms with E-state index < -0.39 is 0 Å². The van der Waals surface area contributed by atoms with Crippen LogP contribution in [-0.2, 0) is 12.0 Å². The maximum absolute atomic E-state index is 12.9. The zero-order chi connectivity index (χ0) is 20.5. The highest BCUT2D eigenvalue weighted by atomic mass is 35.5. The average Bonchev–Trinajstić information content (AvgIpc) is 3.22. The van der Waals surface area contributed by atoms with Gasteiger partial charge in [0.15, 0.2) is 4.80 Å². The van der Waals surface area contributed by atoms with E-state index in [0.29, 0.717) is 22.4 Å². The van der Waals surface area contributed by atoms with E-state index in [4.69, 9.17) is 16.3 Å². The van der Waals surface area contributed by atoms with E-state index in [1.165, 1.54) is 17.7 Å². The van der Waals surface area contributed by atoms with Crippen LogP contribution in [0.2, 0.25) is 5.02 Å². The van der Waals surface area contributed by atoms with Gasteiger partial charge in [-0.3, -0.25) is 4.79 Å². The van der Waals surface area contributed by atoms with Crippen LogP contribution in [0.15, 0.2) is 29.4 Å². The van der Waals surface area contributed by atoms with Gasteiger partial charge in [-0.15, -0.1) is 11.3 Å². The molecule has 0 aliphatic carbocycles. The van der Waals surface area contributed by atoms with Crippen molar-refractivity contribution < 1.29 is 9.53 Å². The Hall–Kier alpha value is -1.63. The number of likely N-dealkylation sites (tertiary alicyclic amines) is 1. The van der Waals surface area contributed by atoms with E-state index in [2.05, 4.69) is 48.5 Å². The molecule has 152 valence electrons. The summed E-state index contributed by atoms with van der Waals surface area (Å²) in [4.78, 5) is 21.7. The van der Waals surface area contributed by atoms with Gasteiger partial charge in [0.1, 0.15) is 5.75 Å². The Morgan fingerprint density at radius 2 is 2.14 bits per heavy atom. The van der Waals surface area contributed by atoms with Crippen LogP contribution >= 0.6 is 22.9 Å². The average molecular weight is 422 g/mol. The van der Waals surface area contributed by atoms with Crippen LogP contribution < -0.4 is 9.54 Å². The van der Waals surface area contributed by atoms with Gasteiger partial charge < -0.3 is 14.2 Å². The summed E-state index contributed by atoms with van der Waals surface area (Å²) in [6.07, 6.45) is 4.53. The minimum atomic E-state index is -0.338. The van der Waals surface area contributed by atoms with Crippen molar-refractivity contribution in [2.75, 3.05) is 20.7 Å². The van der Waals surface area contributed by atoms with Gasteiger partial charge in [-0.05, 0) is 50.0 Å². The van der Waals surface area contributed by atoms with E-state index in [-0.39, 0.29) is 11.3 Å². The van der Waals surface area contributed by atoms with Crippen LogP contribution in [0.25, 0.3) is 0 Å². The summed E-state index contributed by atoms with van der Waals surface area (Å²) in [5.41, 5.74) is 0.378. The van der Waals surface area contributed by atoms with Gasteiger partial charge in [0.2, 0.25) is 0 Å². The van der Waals surface area contributed by atoms with Crippen molar-refractivity contribution in [2.24, 2.45) is 4.99 Å². The number of likely N-dealkylation sites (N-methyl/N-ethyl adjacent to an activating group) is 1. The molecule has 1 saturated heterocycles. The number of nitrogens with zero attached hydrogens (tertiary/aromatic N) is 3. The molecule has 3 rings (SSSR count). The van der Waals surface area contributed by atoms with Gasteiger partial charge in [-0.2, -0.15) is 4.99 Å². The molecule has 1 aliphatic heterocycles. The summed E-state index contributed by atoms with van der Waals surface area (Å²) in [5.74, 6) is 0.142. The first-order valence-electron chi connectivity index (χ1n) is 9.52. The number of carbonyl (C=O) groups is 1. The molecule has 7 heteroatoms. The quantitative estimate of drug-likeness (QED) is 0.737. The number of ether oxygens (including phenoxy) is 1. The Labute approximate surface area is 175 Å². The second-order valence-electron chi connectivity index (χ2n) is 8.32. The summed E-state index contributed by atoms with van der Waals surface area (Å²) in [5, 5.41) is 0.487. The monoisotopic (exact) mass is 421 g/mol. The largest absolute Gasteiger partial charge is 0.496 e. The molecule has 0 saturated carbocycles. The van der Waals surface area contributed by atoms with Crippen LogP contribution in [0, 0.1) is 0 Å². The minimum Gasteiger partial charge on any atom is -0.496 e. The molecular formula is C21H28ClN3O2S. The second-order valence-corrected chi connectivity index (χ2v) is 9.76. The molecular weight excluding hydrogens is 394 g/mol. The fourth-order valence-electron chi connectivity index (χ4n) is 3.38. The van der Waals surface area contributed by atoms with Gasteiger partial charge >= 0.3 is 0 Å². The number of carbonyl (C=O) groups excluding carboxylic acids is 1. The Bertz CT molecular complexity index is 926. The number of thiazole rings is 1. The standard InChI is InChI=1S/C21H28ClN3O2S/c1-21(2,3)18-13-25(12-15-7-6-10-24(15)4)20(28-18)23-19(26)16-11-14(22)8-9-17(16)27-5/h8-9,11,13,15H,6-7,10,12H2,1-5H3/b23-20-/t15-/m0/s1. The molecule has 2 aromatic rings. The third-order valence-corrected chi connectivity index (χ3v) is 6.81. The molecule has 1 aliphatic rings. The first-order chi connectivity index (χ1) is 13.2. The van der Waals surface area contributed by atoms with Crippen molar-refractivity contribution in [3.8, 4) is 5.75 Å². The molecule has 0 radical (unpaired) electrons. The van der Waals surface area contributed by atoms with Crippen molar-refractivity contribution in [1.82, 2.24) is 9.47 Å². The van der Waals surface area contributed by atoms with Crippen LogP contribution in [0.5, 0.6) is 5.75 Å². The molecule has 2 heterocycles. The number of benzene rings is 1. The zero-order valence-corrected chi connectivity index (χ0v) is 18.7. The lowest BCUT2D eigenvalue weighted by Gasteiger charge is -2.20. The van der Waals surface area contributed by atoms with Gasteiger partial charge in [0.05, 0.1) is 12.7 Å². The maximum Gasteiger partial charge on any atom is 0.283 e. The van der Waals surface area contributed by atoms with E-state index >= 15 is 0 Å². The summed E-state index contributed by atoms with van der Waals surface area (Å²) < 4.78 is 7.45. The van der Waals surface area contributed by atoms with Gasteiger partial charge in [-0.1, -0.05) is 32.4 Å². The number of rotatable bonds is 4. The van der Waals surface area contributed by atoms with Gasteiger partial charge in [0.25, 0.3) is 5.91 Å². The third-order valence-electron chi connectivity index (χ3n) is 5.13. The molecule has 1 fully saturated rings. The zero-order valence-electron chi connectivity index (χ0n) is 17.2.